The van der Waals surface area contributed by atoms with Crippen molar-refractivity contribution in [1.82, 2.24) is 10.3 Å². The van der Waals surface area contributed by atoms with Crippen LogP contribution in [0.1, 0.15) is 57.8 Å². The molecule has 0 aliphatic carbocycles. The number of carbonyl (C=O) groups is 1. The quantitative estimate of drug-likeness (QED) is 0.878. The molecule has 1 aromatic rings. The number of pyridine rings is 1. The van der Waals surface area contributed by atoms with E-state index in [2.05, 4.69) is 43.3 Å². The molecule has 1 atom stereocenters. The Morgan fingerprint density at radius 2 is 2.09 bits per heavy atom. The van der Waals surface area contributed by atoms with E-state index in [0.29, 0.717) is 12.1 Å². The minimum absolute atomic E-state index is 0.0773. The SMILES string of the molecule is CCCNC(=O)c1ccc(NC2CC(C)(C)OC2(C)C)nc1. The number of nitrogens with one attached hydrogen (secondary N) is 2. The van der Waals surface area contributed by atoms with Gasteiger partial charge < -0.3 is 15.4 Å². The van der Waals surface area contributed by atoms with Gasteiger partial charge in [0.2, 0.25) is 0 Å². The van der Waals surface area contributed by atoms with Crippen LogP contribution in [0.5, 0.6) is 0 Å². The predicted octanol–water partition coefficient (Wildman–Crippen LogP) is 2.98. The van der Waals surface area contributed by atoms with E-state index in [0.717, 1.165) is 18.7 Å². The Kier molecular flexibility index (Phi) is 4.75. The van der Waals surface area contributed by atoms with Gasteiger partial charge >= 0.3 is 0 Å². The molecule has 2 heterocycles. The Balaban J connectivity index is 2.01. The molecule has 0 aromatic carbocycles. The molecule has 1 aliphatic rings. The van der Waals surface area contributed by atoms with Gasteiger partial charge in [0.25, 0.3) is 5.91 Å². The first-order chi connectivity index (χ1) is 10.2. The van der Waals surface area contributed by atoms with Gasteiger partial charge in [0.05, 0.1) is 22.8 Å². The molecule has 1 aliphatic heterocycles. The fourth-order valence-electron chi connectivity index (χ4n) is 2.92. The first kappa shape index (κ1) is 16.7. The monoisotopic (exact) mass is 305 g/mol. The number of amides is 1. The second-order valence-electron chi connectivity index (χ2n) is 7.05. The van der Waals surface area contributed by atoms with Gasteiger partial charge in [-0.15, -0.1) is 0 Å². The summed E-state index contributed by atoms with van der Waals surface area (Å²) in [5.74, 6) is 0.693. The lowest BCUT2D eigenvalue weighted by Gasteiger charge is -2.28. The topological polar surface area (TPSA) is 63.2 Å². The summed E-state index contributed by atoms with van der Waals surface area (Å²) in [7, 11) is 0. The van der Waals surface area contributed by atoms with E-state index in [9.17, 15) is 4.79 Å². The van der Waals surface area contributed by atoms with Gasteiger partial charge in [-0.3, -0.25) is 4.79 Å². The van der Waals surface area contributed by atoms with Crippen LogP contribution in [0.15, 0.2) is 18.3 Å². The lowest BCUT2D eigenvalue weighted by molar-refractivity contribution is -0.0662. The second-order valence-corrected chi connectivity index (χ2v) is 7.05. The molecule has 0 spiro atoms. The number of hydrogen-bond acceptors (Lipinski definition) is 4. The van der Waals surface area contributed by atoms with Gasteiger partial charge in [-0.05, 0) is 52.7 Å². The number of nitrogens with zero attached hydrogens (tertiary/aromatic N) is 1. The molecule has 1 fully saturated rings. The van der Waals surface area contributed by atoms with E-state index in [1.807, 2.05) is 13.0 Å². The highest BCUT2D eigenvalue weighted by Crippen LogP contribution is 2.38. The van der Waals surface area contributed by atoms with Crippen molar-refractivity contribution in [2.75, 3.05) is 11.9 Å². The number of anilines is 1. The third kappa shape index (κ3) is 3.97. The van der Waals surface area contributed by atoms with Crippen molar-refractivity contribution in [3.05, 3.63) is 23.9 Å². The molecular weight excluding hydrogens is 278 g/mol. The lowest BCUT2D eigenvalue weighted by atomic mass is 9.94. The number of ether oxygens (including phenoxy) is 1. The molecule has 5 nitrogen and oxygen atoms in total. The summed E-state index contributed by atoms with van der Waals surface area (Å²) >= 11 is 0. The summed E-state index contributed by atoms with van der Waals surface area (Å²) in [4.78, 5) is 16.2. The first-order valence-electron chi connectivity index (χ1n) is 7.94. The first-order valence-corrected chi connectivity index (χ1v) is 7.94. The Morgan fingerprint density at radius 1 is 1.36 bits per heavy atom. The summed E-state index contributed by atoms with van der Waals surface area (Å²) in [6.45, 7) is 11.1. The third-order valence-corrected chi connectivity index (χ3v) is 3.96. The molecule has 1 saturated heterocycles. The average molecular weight is 305 g/mol. The van der Waals surface area contributed by atoms with Gasteiger partial charge in [0.15, 0.2) is 0 Å². The average Bonchev–Trinajstić information content (AvgIpc) is 2.64. The summed E-state index contributed by atoms with van der Waals surface area (Å²) in [6, 6.07) is 3.84. The normalized spacial score (nSPS) is 22.3. The zero-order chi connectivity index (χ0) is 16.4. The maximum absolute atomic E-state index is 11.9. The largest absolute Gasteiger partial charge is 0.367 e. The molecule has 1 amide bonds. The van der Waals surface area contributed by atoms with E-state index >= 15 is 0 Å². The molecule has 1 unspecified atom stereocenters. The van der Waals surface area contributed by atoms with Gasteiger partial charge in [0, 0.05) is 12.7 Å². The van der Waals surface area contributed by atoms with Crippen LogP contribution in [0.3, 0.4) is 0 Å². The summed E-state index contributed by atoms with van der Waals surface area (Å²) in [5.41, 5.74) is 0.199. The highest BCUT2D eigenvalue weighted by atomic mass is 16.5. The molecular formula is C17H27N3O2. The van der Waals surface area contributed by atoms with Crippen molar-refractivity contribution in [3.63, 3.8) is 0 Å². The molecule has 0 bridgehead atoms. The molecule has 5 heteroatoms. The molecule has 2 N–H and O–H groups in total. The van der Waals surface area contributed by atoms with E-state index in [1.165, 1.54) is 0 Å². The molecule has 0 saturated carbocycles. The minimum atomic E-state index is -0.248. The molecule has 0 radical (unpaired) electrons. The van der Waals surface area contributed by atoms with Gasteiger partial charge in [0.1, 0.15) is 5.82 Å². The van der Waals surface area contributed by atoms with Crippen molar-refractivity contribution in [2.24, 2.45) is 0 Å². The highest BCUT2D eigenvalue weighted by molar-refractivity contribution is 5.94. The van der Waals surface area contributed by atoms with Crippen LogP contribution in [-0.4, -0.2) is 34.7 Å². The Hall–Kier alpha value is -1.62. The van der Waals surface area contributed by atoms with Gasteiger partial charge in [-0.1, -0.05) is 6.92 Å². The van der Waals surface area contributed by atoms with Crippen molar-refractivity contribution in [3.8, 4) is 0 Å². The number of hydrogen-bond donors (Lipinski definition) is 2. The summed E-state index contributed by atoms with van der Waals surface area (Å²) in [6.07, 6.45) is 3.45. The van der Waals surface area contributed by atoms with E-state index in [1.54, 1.807) is 12.3 Å². The Morgan fingerprint density at radius 3 is 2.59 bits per heavy atom. The van der Waals surface area contributed by atoms with Crippen LogP contribution in [0.2, 0.25) is 0 Å². The minimum Gasteiger partial charge on any atom is -0.367 e. The number of rotatable bonds is 5. The predicted molar refractivity (Wildman–Crippen MR) is 88.1 cm³/mol. The summed E-state index contributed by atoms with van der Waals surface area (Å²) in [5, 5.41) is 6.27. The van der Waals surface area contributed by atoms with E-state index in [4.69, 9.17) is 4.74 Å². The summed E-state index contributed by atoms with van der Waals surface area (Å²) < 4.78 is 6.07. The maximum Gasteiger partial charge on any atom is 0.252 e. The Bertz CT molecular complexity index is 523. The lowest BCUT2D eigenvalue weighted by Crippen LogP contribution is -2.38. The Labute approximate surface area is 132 Å². The van der Waals surface area contributed by atoms with Crippen LogP contribution >= 0.6 is 0 Å². The van der Waals surface area contributed by atoms with E-state index in [-0.39, 0.29) is 23.2 Å². The highest BCUT2D eigenvalue weighted by Gasteiger charge is 2.45. The second kappa shape index (κ2) is 6.24. The zero-order valence-corrected chi connectivity index (χ0v) is 14.2. The van der Waals surface area contributed by atoms with Crippen LogP contribution in [-0.2, 0) is 4.74 Å². The smallest absolute Gasteiger partial charge is 0.252 e. The van der Waals surface area contributed by atoms with Crippen LogP contribution < -0.4 is 10.6 Å². The van der Waals surface area contributed by atoms with Crippen molar-refractivity contribution >= 4 is 11.7 Å². The van der Waals surface area contributed by atoms with Crippen molar-refractivity contribution in [1.29, 1.82) is 0 Å². The third-order valence-electron chi connectivity index (χ3n) is 3.96. The molecule has 122 valence electrons. The van der Waals surface area contributed by atoms with Gasteiger partial charge in [-0.2, -0.15) is 0 Å². The van der Waals surface area contributed by atoms with Crippen molar-refractivity contribution in [2.45, 2.75) is 64.7 Å². The standard InChI is InChI=1S/C17H27N3O2/c1-6-9-18-15(21)12-7-8-14(19-11-12)20-13-10-16(2,3)22-17(13,4)5/h7-8,11,13H,6,9-10H2,1-5H3,(H,18,21)(H,19,20). The fraction of sp³-hybridized carbons (Fsp3) is 0.647. The number of carbonyl (C=O) groups excluding carboxylic acids is 1. The molecule has 2 rings (SSSR count). The maximum atomic E-state index is 11.9. The van der Waals surface area contributed by atoms with Crippen LogP contribution in [0.25, 0.3) is 0 Å². The van der Waals surface area contributed by atoms with Crippen molar-refractivity contribution < 1.29 is 9.53 Å². The number of aromatic nitrogens is 1. The molecule has 1 aromatic heterocycles. The zero-order valence-electron chi connectivity index (χ0n) is 14.2. The molecule has 22 heavy (non-hydrogen) atoms. The van der Waals surface area contributed by atoms with Crippen LogP contribution in [0, 0.1) is 0 Å². The van der Waals surface area contributed by atoms with E-state index < -0.39 is 0 Å². The van der Waals surface area contributed by atoms with Gasteiger partial charge in [-0.25, -0.2) is 4.98 Å². The fourth-order valence-corrected chi connectivity index (χ4v) is 2.92. The van der Waals surface area contributed by atoms with Crippen LogP contribution in [0.4, 0.5) is 5.82 Å².